The van der Waals surface area contributed by atoms with Crippen molar-refractivity contribution in [2.24, 2.45) is 0 Å². The Kier molecular flexibility index (Phi) is 6.09. The summed E-state index contributed by atoms with van der Waals surface area (Å²) < 4.78 is 5.04. The largest absolute Gasteiger partial charge is 0.469 e. The summed E-state index contributed by atoms with van der Waals surface area (Å²) in [4.78, 5) is 24.6. The normalized spacial score (nSPS) is 10.2. The number of aryl methyl sites for hydroxylation is 1. The van der Waals surface area contributed by atoms with E-state index in [2.05, 4.69) is 10.9 Å². The Morgan fingerprint density at radius 2 is 1.91 bits per heavy atom. The Balaban J connectivity index is 1.62. The minimum Gasteiger partial charge on any atom is -0.469 e. The lowest BCUT2D eigenvalue weighted by atomic mass is 10.2. The SMILES string of the molecule is Cc1occc1C(=O)NNC(=O)CCCSc1ccccc1. The summed E-state index contributed by atoms with van der Waals surface area (Å²) in [6.07, 6.45) is 2.54. The van der Waals surface area contributed by atoms with Crippen LogP contribution in [0.15, 0.2) is 52.0 Å². The number of hydrazine groups is 1. The highest BCUT2D eigenvalue weighted by Gasteiger charge is 2.11. The molecular formula is C16H18N2O3S. The lowest BCUT2D eigenvalue weighted by Gasteiger charge is -2.06. The highest BCUT2D eigenvalue weighted by molar-refractivity contribution is 7.99. The van der Waals surface area contributed by atoms with Crippen LogP contribution < -0.4 is 10.9 Å². The lowest BCUT2D eigenvalue weighted by Crippen LogP contribution is -2.41. The molecule has 0 saturated carbocycles. The van der Waals surface area contributed by atoms with Crippen molar-refractivity contribution in [3.8, 4) is 0 Å². The Hall–Kier alpha value is -2.21. The van der Waals surface area contributed by atoms with E-state index in [4.69, 9.17) is 4.42 Å². The molecule has 2 N–H and O–H groups in total. The number of rotatable bonds is 6. The third kappa shape index (κ3) is 4.96. The molecule has 116 valence electrons. The number of furan rings is 1. The molecule has 0 aliphatic heterocycles. The molecule has 0 aliphatic rings. The van der Waals surface area contributed by atoms with Crippen LogP contribution in [0.4, 0.5) is 0 Å². The molecule has 0 saturated heterocycles. The summed E-state index contributed by atoms with van der Waals surface area (Å²) in [6, 6.07) is 11.6. The van der Waals surface area contributed by atoms with Crippen molar-refractivity contribution in [3.63, 3.8) is 0 Å². The zero-order valence-electron chi connectivity index (χ0n) is 12.3. The van der Waals surface area contributed by atoms with Crippen molar-refractivity contribution in [3.05, 3.63) is 54.0 Å². The zero-order valence-corrected chi connectivity index (χ0v) is 13.1. The number of carbonyl (C=O) groups excluding carboxylic acids is 2. The molecule has 22 heavy (non-hydrogen) atoms. The van der Waals surface area contributed by atoms with Crippen LogP contribution in [-0.4, -0.2) is 17.6 Å². The van der Waals surface area contributed by atoms with E-state index < -0.39 is 0 Å². The van der Waals surface area contributed by atoms with Gasteiger partial charge in [0.15, 0.2) is 0 Å². The number of benzene rings is 1. The van der Waals surface area contributed by atoms with E-state index in [0.717, 1.165) is 12.2 Å². The predicted octanol–water partition coefficient (Wildman–Crippen LogP) is 2.92. The standard InChI is InChI=1S/C16H18N2O3S/c1-12-14(9-10-21-12)16(20)18-17-15(19)8-5-11-22-13-6-3-2-4-7-13/h2-4,6-7,9-10H,5,8,11H2,1H3,(H,17,19)(H,18,20). The van der Waals surface area contributed by atoms with Crippen LogP contribution in [0.2, 0.25) is 0 Å². The van der Waals surface area contributed by atoms with E-state index in [1.807, 2.05) is 30.3 Å². The molecule has 2 amide bonds. The molecule has 2 aromatic rings. The van der Waals surface area contributed by atoms with Crippen LogP contribution in [0.25, 0.3) is 0 Å². The topological polar surface area (TPSA) is 71.3 Å². The van der Waals surface area contributed by atoms with E-state index in [9.17, 15) is 9.59 Å². The number of carbonyl (C=O) groups is 2. The van der Waals surface area contributed by atoms with Gasteiger partial charge in [0.05, 0.1) is 11.8 Å². The molecule has 6 heteroatoms. The number of hydrogen-bond donors (Lipinski definition) is 2. The van der Waals surface area contributed by atoms with Gasteiger partial charge in [-0.15, -0.1) is 11.8 Å². The van der Waals surface area contributed by atoms with Gasteiger partial charge < -0.3 is 4.42 Å². The number of nitrogens with one attached hydrogen (secondary N) is 2. The predicted molar refractivity (Wildman–Crippen MR) is 85.5 cm³/mol. The third-order valence-electron chi connectivity index (χ3n) is 2.98. The van der Waals surface area contributed by atoms with Crippen LogP contribution >= 0.6 is 11.8 Å². The fourth-order valence-corrected chi connectivity index (χ4v) is 2.69. The van der Waals surface area contributed by atoms with Crippen molar-refractivity contribution in [1.82, 2.24) is 10.9 Å². The first-order valence-corrected chi connectivity index (χ1v) is 7.96. The van der Waals surface area contributed by atoms with Crippen molar-refractivity contribution in [1.29, 1.82) is 0 Å². The smallest absolute Gasteiger partial charge is 0.273 e. The molecular weight excluding hydrogens is 300 g/mol. The minimum atomic E-state index is -0.377. The molecule has 1 aromatic carbocycles. The van der Waals surface area contributed by atoms with E-state index in [-0.39, 0.29) is 11.8 Å². The first-order valence-electron chi connectivity index (χ1n) is 6.98. The van der Waals surface area contributed by atoms with Crippen molar-refractivity contribution < 1.29 is 14.0 Å². The van der Waals surface area contributed by atoms with Gasteiger partial charge in [0.25, 0.3) is 5.91 Å². The van der Waals surface area contributed by atoms with Gasteiger partial charge in [-0.2, -0.15) is 0 Å². The van der Waals surface area contributed by atoms with Crippen LogP contribution in [0, 0.1) is 6.92 Å². The maximum absolute atomic E-state index is 11.8. The maximum Gasteiger partial charge on any atom is 0.273 e. The maximum atomic E-state index is 11.8. The third-order valence-corrected chi connectivity index (χ3v) is 4.08. The highest BCUT2D eigenvalue weighted by atomic mass is 32.2. The van der Waals surface area contributed by atoms with Gasteiger partial charge in [0, 0.05) is 11.3 Å². The van der Waals surface area contributed by atoms with Gasteiger partial charge in [-0.05, 0) is 37.3 Å². The fourth-order valence-electron chi connectivity index (χ4n) is 1.82. The van der Waals surface area contributed by atoms with E-state index >= 15 is 0 Å². The molecule has 2 rings (SSSR count). The highest BCUT2D eigenvalue weighted by Crippen LogP contribution is 2.18. The summed E-state index contributed by atoms with van der Waals surface area (Å²) in [5.41, 5.74) is 5.20. The molecule has 0 unspecified atom stereocenters. The molecule has 0 radical (unpaired) electrons. The lowest BCUT2D eigenvalue weighted by molar-refractivity contribution is -0.121. The monoisotopic (exact) mass is 318 g/mol. The minimum absolute atomic E-state index is 0.205. The van der Waals surface area contributed by atoms with Gasteiger partial charge >= 0.3 is 0 Å². The number of hydrogen-bond acceptors (Lipinski definition) is 4. The second-order valence-corrected chi connectivity index (χ2v) is 5.83. The average molecular weight is 318 g/mol. The second-order valence-electron chi connectivity index (χ2n) is 4.66. The quantitative estimate of drug-likeness (QED) is 0.488. The molecule has 0 spiro atoms. The molecule has 5 nitrogen and oxygen atoms in total. The van der Waals surface area contributed by atoms with Gasteiger partial charge in [0.2, 0.25) is 5.91 Å². The number of thioether (sulfide) groups is 1. The van der Waals surface area contributed by atoms with Gasteiger partial charge in [-0.25, -0.2) is 0 Å². The van der Waals surface area contributed by atoms with E-state index in [0.29, 0.717) is 17.7 Å². The first-order chi connectivity index (χ1) is 10.7. The van der Waals surface area contributed by atoms with Gasteiger partial charge in [0.1, 0.15) is 5.76 Å². The zero-order chi connectivity index (χ0) is 15.8. The molecule has 0 aliphatic carbocycles. The van der Waals surface area contributed by atoms with Gasteiger partial charge in [-0.1, -0.05) is 18.2 Å². The molecule has 1 aromatic heterocycles. The summed E-state index contributed by atoms with van der Waals surface area (Å²) in [5.74, 6) is 0.791. The summed E-state index contributed by atoms with van der Waals surface area (Å²) >= 11 is 1.71. The van der Waals surface area contributed by atoms with Gasteiger partial charge in [-0.3, -0.25) is 20.4 Å². The fraction of sp³-hybridized carbons (Fsp3) is 0.250. The number of amides is 2. The molecule has 0 bridgehead atoms. The second kappa shape index (κ2) is 8.29. The van der Waals surface area contributed by atoms with Crippen LogP contribution in [0.3, 0.4) is 0 Å². The molecule has 0 atom stereocenters. The summed E-state index contributed by atoms with van der Waals surface area (Å²) in [5, 5.41) is 0. The van der Waals surface area contributed by atoms with Crippen LogP contribution in [0.1, 0.15) is 29.0 Å². The summed E-state index contributed by atoms with van der Waals surface area (Å²) in [6.45, 7) is 1.69. The van der Waals surface area contributed by atoms with Crippen molar-refractivity contribution in [2.45, 2.75) is 24.7 Å². The average Bonchev–Trinajstić information content (AvgIpc) is 2.96. The van der Waals surface area contributed by atoms with E-state index in [1.54, 1.807) is 24.8 Å². The van der Waals surface area contributed by atoms with Crippen molar-refractivity contribution >= 4 is 23.6 Å². The Labute approximate surface area is 133 Å². The van der Waals surface area contributed by atoms with Crippen LogP contribution in [0.5, 0.6) is 0 Å². The Morgan fingerprint density at radius 3 is 2.59 bits per heavy atom. The van der Waals surface area contributed by atoms with E-state index in [1.165, 1.54) is 11.2 Å². The summed E-state index contributed by atoms with van der Waals surface area (Å²) in [7, 11) is 0. The first kappa shape index (κ1) is 16.2. The molecule has 0 fully saturated rings. The Bertz CT molecular complexity index is 625. The van der Waals surface area contributed by atoms with Crippen molar-refractivity contribution in [2.75, 3.05) is 5.75 Å². The molecule has 1 heterocycles. The Morgan fingerprint density at radius 1 is 1.14 bits per heavy atom. The van der Waals surface area contributed by atoms with Crippen LogP contribution in [-0.2, 0) is 4.79 Å².